The molecule has 0 aromatic heterocycles. The number of carbonyl (C=O) groups is 1. The number of carbonyl (C=O) groups excluding carboxylic acids is 1. The van der Waals surface area contributed by atoms with Crippen LogP contribution in [0.15, 0.2) is 47.6 Å². The summed E-state index contributed by atoms with van der Waals surface area (Å²) in [6.45, 7) is 0. The van der Waals surface area contributed by atoms with E-state index < -0.39 is 39.0 Å². The molecule has 0 aliphatic rings. The Balaban J connectivity index is 2.23. The summed E-state index contributed by atoms with van der Waals surface area (Å²) in [5.41, 5.74) is 0.974. The maximum absolute atomic E-state index is 12.2. The molecule has 1 atom stereocenters. The maximum Gasteiger partial charge on any atom is 0.318 e. The highest BCUT2D eigenvalue weighted by atomic mass is 16.6. The monoisotopic (exact) mass is 374 g/mol. The normalized spacial score (nSPS) is 11.9. The van der Waals surface area contributed by atoms with Gasteiger partial charge in [0.05, 0.1) is 27.7 Å². The molecule has 0 fully saturated rings. The van der Waals surface area contributed by atoms with E-state index in [1.807, 2.05) is 0 Å². The number of phenolic OH excluding ortho intramolecular Hbond substituents is 1. The second-order valence-electron chi connectivity index (χ2n) is 5.18. The van der Waals surface area contributed by atoms with Gasteiger partial charge in [0.2, 0.25) is 5.75 Å². The van der Waals surface area contributed by atoms with E-state index in [2.05, 4.69) is 10.5 Å². The van der Waals surface area contributed by atoms with Crippen molar-refractivity contribution in [3.63, 3.8) is 0 Å². The molecular weight excluding hydrogens is 360 g/mol. The summed E-state index contributed by atoms with van der Waals surface area (Å²) in [5, 5.41) is 35.2. The Bertz CT molecular complexity index is 899. The number of hydrogen-bond acceptors (Lipinski definition) is 8. The summed E-state index contributed by atoms with van der Waals surface area (Å²) in [6.07, 6.45) is -0.0957. The number of benzene rings is 2. The van der Waals surface area contributed by atoms with Crippen LogP contribution >= 0.6 is 0 Å². The van der Waals surface area contributed by atoms with Gasteiger partial charge in [-0.25, -0.2) is 5.43 Å². The fourth-order valence-corrected chi connectivity index (χ4v) is 2.22. The van der Waals surface area contributed by atoms with Crippen LogP contribution in [-0.4, -0.2) is 34.2 Å². The number of nitrogens with one attached hydrogen (secondary N) is 1. The third-order valence-electron chi connectivity index (χ3n) is 3.47. The minimum atomic E-state index is -0.964. The third kappa shape index (κ3) is 4.61. The Morgan fingerprint density at radius 1 is 1.22 bits per heavy atom. The third-order valence-corrected chi connectivity index (χ3v) is 3.47. The lowest BCUT2D eigenvalue weighted by atomic mass is 10.1. The fourth-order valence-electron chi connectivity index (χ4n) is 2.22. The van der Waals surface area contributed by atoms with Crippen LogP contribution < -0.4 is 5.43 Å². The van der Waals surface area contributed by atoms with Crippen molar-refractivity contribution in [2.75, 3.05) is 7.11 Å². The standard InChI is InChI=1S/C16H14N4O7/c1-27-15(10-5-3-2-4-6-10)16(22)18-17-9-11-7-12(19(23)24)8-13(14(11)21)20(25)26/h2-9,15,21H,1H3,(H,18,22)/b17-9-/t15-/m0/s1. The fraction of sp³-hybridized carbons (Fsp3) is 0.125. The Morgan fingerprint density at radius 3 is 2.44 bits per heavy atom. The lowest BCUT2D eigenvalue weighted by Crippen LogP contribution is -2.26. The zero-order valence-corrected chi connectivity index (χ0v) is 13.9. The molecule has 0 bridgehead atoms. The van der Waals surface area contributed by atoms with Crippen LogP contribution in [0, 0.1) is 20.2 Å². The summed E-state index contributed by atoms with van der Waals surface area (Å²) in [6, 6.07) is 10.1. The quantitative estimate of drug-likeness (QED) is 0.426. The Labute approximate surface area is 152 Å². The minimum absolute atomic E-state index is 0.301. The first-order chi connectivity index (χ1) is 12.8. The van der Waals surface area contributed by atoms with Crippen molar-refractivity contribution in [1.82, 2.24) is 5.43 Å². The highest BCUT2D eigenvalue weighted by molar-refractivity contribution is 5.89. The van der Waals surface area contributed by atoms with Gasteiger partial charge in [0.25, 0.3) is 11.6 Å². The average molecular weight is 374 g/mol. The molecule has 0 radical (unpaired) electrons. The molecular formula is C16H14N4O7. The van der Waals surface area contributed by atoms with Crippen LogP contribution in [0.2, 0.25) is 0 Å². The molecule has 1 amide bonds. The molecule has 2 N–H and O–H groups in total. The molecule has 2 aromatic carbocycles. The predicted molar refractivity (Wildman–Crippen MR) is 93.3 cm³/mol. The van der Waals surface area contributed by atoms with Gasteiger partial charge in [-0.1, -0.05) is 30.3 Å². The molecule has 0 aliphatic carbocycles. The van der Waals surface area contributed by atoms with E-state index in [0.29, 0.717) is 11.6 Å². The molecule has 11 heteroatoms. The number of nitro benzene ring substituents is 2. The molecule has 140 valence electrons. The number of ether oxygens (including phenoxy) is 1. The van der Waals surface area contributed by atoms with Crippen molar-refractivity contribution in [1.29, 1.82) is 0 Å². The van der Waals surface area contributed by atoms with Crippen LogP contribution in [0.4, 0.5) is 11.4 Å². The van der Waals surface area contributed by atoms with Crippen LogP contribution in [0.3, 0.4) is 0 Å². The van der Waals surface area contributed by atoms with E-state index in [1.54, 1.807) is 30.3 Å². The van der Waals surface area contributed by atoms with Crippen molar-refractivity contribution in [3.8, 4) is 5.75 Å². The van der Waals surface area contributed by atoms with E-state index in [9.17, 15) is 30.1 Å². The highest BCUT2D eigenvalue weighted by Crippen LogP contribution is 2.33. The molecule has 2 aromatic rings. The molecule has 0 aliphatic heterocycles. The second-order valence-corrected chi connectivity index (χ2v) is 5.18. The maximum atomic E-state index is 12.2. The van der Waals surface area contributed by atoms with Gasteiger partial charge in [-0.15, -0.1) is 0 Å². The van der Waals surface area contributed by atoms with Crippen molar-refractivity contribution >= 4 is 23.5 Å². The zero-order chi connectivity index (χ0) is 20.0. The number of methoxy groups -OCH3 is 1. The van der Waals surface area contributed by atoms with Crippen molar-refractivity contribution in [3.05, 3.63) is 73.8 Å². The minimum Gasteiger partial charge on any atom is -0.502 e. The molecule has 2 rings (SSSR count). The number of nitro groups is 2. The first kappa shape index (κ1) is 19.5. The van der Waals surface area contributed by atoms with Gasteiger partial charge < -0.3 is 9.84 Å². The number of hydrazone groups is 1. The summed E-state index contributed by atoms with van der Waals surface area (Å²) in [7, 11) is 1.33. The first-order valence-electron chi connectivity index (χ1n) is 7.41. The van der Waals surface area contributed by atoms with Crippen molar-refractivity contribution in [2.24, 2.45) is 5.10 Å². The van der Waals surface area contributed by atoms with Crippen LogP contribution in [0.25, 0.3) is 0 Å². The van der Waals surface area contributed by atoms with Crippen molar-refractivity contribution in [2.45, 2.75) is 6.10 Å². The largest absolute Gasteiger partial charge is 0.502 e. The Morgan fingerprint density at radius 2 is 1.89 bits per heavy atom. The number of non-ortho nitro benzene ring substituents is 1. The Hall–Kier alpha value is -3.86. The number of rotatable bonds is 7. The number of hydrogen-bond donors (Lipinski definition) is 2. The number of phenols is 1. The first-order valence-corrected chi connectivity index (χ1v) is 7.41. The SMILES string of the molecule is CO[C@H](C(=O)N/N=C\c1cc([N+](=O)[O-])cc([N+](=O)[O-])c1O)c1ccccc1. The molecule has 27 heavy (non-hydrogen) atoms. The van der Waals surface area contributed by atoms with E-state index in [4.69, 9.17) is 4.74 Å². The highest BCUT2D eigenvalue weighted by Gasteiger charge is 2.23. The Kier molecular flexibility index (Phi) is 6.12. The van der Waals surface area contributed by atoms with Gasteiger partial charge in [-0.3, -0.25) is 25.0 Å². The lowest BCUT2D eigenvalue weighted by Gasteiger charge is -2.13. The van der Waals surface area contributed by atoms with Crippen molar-refractivity contribution < 1.29 is 24.5 Å². The summed E-state index contributed by atoms with van der Waals surface area (Å²) < 4.78 is 5.11. The summed E-state index contributed by atoms with van der Waals surface area (Å²) in [4.78, 5) is 32.1. The van der Waals surface area contributed by atoms with E-state index in [1.165, 1.54) is 7.11 Å². The molecule has 0 heterocycles. The van der Waals surface area contributed by atoms with Gasteiger partial charge in [-0.05, 0) is 5.56 Å². The number of nitrogens with zero attached hydrogens (tertiary/aromatic N) is 3. The van der Waals surface area contributed by atoms with Crippen LogP contribution in [0.1, 0.15) is 17.2 Å². The molecule has 11 nitrogen and oxygen atoms in total. The predicted octanol–water partition coefficient (Wildman–Crippen LogP) is 2.05. The molecule has 0 spiro atoms. The molecule has 0 unspecified atom stereocenters. The zero-order valence-electron chi connectivity index (χ0n) is 13.9. The van der Waals surface area contributed by atoms with Gasteiger partial charge >= 0.3 is 5.69 Å². The topological polar surface area (TPSA) is 157 Å². The van der Waals surface area contributed by atoms with Crippen LogP contribution in [0.5, 0.6) is 5.75 Å². The van der Waals surface area contributed by atoms with Gasteiger partial charge in [-0.2, -0.15) is 5.10 Å². The molecule has 0 saturated heterocycles. The summed E-state index contributed by atoms with van der Waals surface area (Å²) >= 11 is 0. The van der Waals surface area contributed by atoms with Gasteiger partial charge in [0, 0.05) is 13.2 Å². The van der Waals surface area contributed by atoms with Gasteiger partial charge in [0.15, 0.2) is 6.10 Å². The number of aromatic hydroxyl groups is 1. The summed E-state index contributed by atoms with van der Waals surface area (Å²) in [5.74, 6) is -1.45. The van der Waals surface area contributed by atoms with E-state index in [0.717, 1.165) is 12.3 Å². The van der Waals surface area contributed by atoms with E-state index in [-0.39, 0.29) is 5.56 Å². The van der Waals surface area contributed by atoms with Gasteiger partial charge in [0.1, 0.15) is 0 Å². The smallest absolute Gasteiger partial charge is 0.318 e. The second kappa shape index (κ2) is 8.49. The molecule has 0 saturated carbocycles. The average Bonchev–Trinajstić information content (AvgIpc) is 2.64. The van der Waals surface area contributed by atoms with E-state index >= 15 is 0 Å². The number of amides is 1. The van der Waals surface area contributed by atoms with Crippen LogP contribution in [-0.2, 0) is 9.53 Å². The lowest BCUT2D eigenvalue weighted by molar-refractivity contribution is -0.394.